The molecule has 1 amide bonds. The molecule has 0 radical (unpaired) electrons. The molecule has 40 heavy (non-hydrogen) atoms. The number of nitrogens with zero attached hydrogens (tertiary/aromatic N) is 4. The number of oxazole rings is 1. The van der Waals surface area contributed by atoms with E-state index in [-0.39, 0.29) is 17.4 Å². The Bertz CT molecular complexity index is 1580. The number of rotatable bonds is 8. The number of hydrogen-bond donors (Lipinski definition) is 0. The van der Waals surface area contributed by atoms with E-state index in [1.54, 1.807) is 11.5 Å². The third-order valence-electron chi connectivity index (χ3n) is 8.40. The highest BCUT2D eigenvalue weighted by atomic mass is 16.4. The van der Waals surface area contributed by atoms with Crippen molar-refractivity contribution in [1.29, 1.82) is 0 Å². The predicted molar refractivity (Wildman–Crippen MR) is 154 cm³/mol. The quantitative estimate of drug-likeness (QED) is 0.307. The summed E-state index contributed by atoms with van der Waals surface area (Å²) in [6.07, 6.45) is 2.30. The predicted octanol–water partition coefficient (Wildman–Crippen LogP) is 4.53. The Kier molecular flexibility index (Phi) is 7.02. The monoisotopic (exact) mass is 538 g/mol. The van der Waals surface area contributed by atoms with Crippen molar-refractivity contribution in [2.75, 3.05) is 31.2 Å². The number of Topliss-reactive ketones (excluding diaryl/α,β-unsaturated/α-hetero) is 1. The van der Waals surface area contributed by atoms with Gasteiger partial charge in [-0.1, -0.05) is 48.5 Å². The van der Waals surface area contributed by atoms with Crippen LogP contribution in [0.4, 0.5) is 5.69 Å². The van der Waals surface area contributed by atoms with Gasteiger partial charge < -0.3 is 19.1 Å². The van der Waals surface area contributed by atoms with E-state index in [2.05, 4.69) is 21.9 Å². The zero-order valence-corrected chi connectivity index (χ0v) is 22.8. The summed E-state index contributed by atoms with van der Waals surface area (Å²) < 4.78 is 7.08. The van der Waals surface area contributed by atoms with Crippen LogP contribution in [-0.2, 0) is 17.9 Å². The van der Waals surface area contributed by atoms with E-state index in [4.69, 9.17) is 4.42 Å². The molecule has 3 aromatic carbocycles. The SMILES string of the molecule is CC(=O)c1cccc(CN2CN(c3ccccc3)C3(CCN(CCCn4c(=O)oc5ccccc54)CC3)C2=O)c1. The largest absolute Gasteiger partial charge is 0.419 e. The number of carbonyl (C=O) groups excluding carboxylic acids is 2. The summed E-state index contributed by atoms with van der Waals surface area (Å²) in [5.74, 6) is -0.140. The molecule has 0 aliphatic carbocycles. The first-order valence-electron chi connectivity index (χ1n) is 14.0. The van der Waals surface area contributed by atoms with Crippen molar-refractivity contribution in [2.45, 2.75) is 44.8 Å². The van der Waals surface area contributed by atoms with Gasteiger partial charge in [0.1, 0.15) is 5.54 Å². The van der Waals surface area contributed by atoms with Crippen LogP contribution in [0.1, 0.15) is 42.1 Å². The number of benzene rings is 3. The summed E-state index contributed by atoms with van der Waals surface area (Å²) in [4.78, 5) is 44.9. The smallest absolute Gasteiger partial charge is 0.408 e. The molecular weight excluding hydrogens is 504 g/mol. The van der Waals surface area contributed by atoms with Gasteiger partial charge in [-0.2, -0.15) is 0 Å². The summed E-state index contributed by atoms with van der Waals surface area (Å²) >= 11 is 0. The number of aromatic nitrogens is 1. The lowest BCUT2D eigenvalue weighted by Crippen LogP contribution is -2.56. The molecule has 0 saturated carbocycles. The molecule has 0 atom stereocenters. The van der Waals surface area contributed by atoms with E-state index in [9.17, 15) is 14.4 Å². The summed E-state index contributed by atoms with van der Waals surface area (Å²) in [6, 6.07) is 25.3. The number of carbonyl (C=O) groups is 2. The van der Waals surface area contributed by atoms with E-state index < -0.39 is 5.54 Å². The van der Waals surface area contributed by atoms with Gasteiger partial charge in [0.15, 0.2) is 11.4 Å². The Morgan fingerprint density at radius 3 is 2.42 bits per heavy atom. The Morgan fingerprint density at radius 1 is 0.900 bits per heavy atom. The van der Waals surface area contributed by atoms with Crippen LogP contribution in [-0.4, -0.2) is 57.9 Å². The summed E-state index contributed by atoms with van der Waals surface area (Å²) in [6.45, 7) is 5.62. The van der Waals surface area contributed by atoms with Gasteiger partial charge >= 0.3 is 5.76 Å². The minimum Gasteiger partial charge on any atom is -0.408 e. The highest BCUT2D eigenvalue weighted by Gasteiger charge is 2.53. The Hall–Kier alpha value is -4.17. The number of anilines is 1. The van der Waals surface area contributed by atoms with Crippen LogP contribution >= 0.6 is 0 Å². The van der Waals surface area contributed by atoms with Gasteiger partial charge in [0, 0.05) is 37.4 Å². The van der Waals surface area contributed by atoms with Gasteiger partial charge in [0.2, 0.25) is 5.91 Å². The van der Waals surface area contributed by atoms with E-state index >= 15 is 0 Å². The van der Waals surface area contributed by atoms with Crippen molar-refractivity contribution in [3.05, 3.63) is 101 Å². The molecule has 2 saturated heterocycles. The van der Waals surface area contributed by atoms with Gasteiger partial charge in [-0.15, -0.1) is 0 Å². The second kappa shape index (κ2) is 10.8. The number of para-hydroxylation sites is 3. The van der Waals surface area contributed by atoms with E-state index in [1.165, 1.54) is 0 Å². The molecule has 0 unspecified atom stereocenters. The van der Waals surface area contributed by atoms with Gasteiger partial charge in [-0.05, 0) is 68.6 Å². The number of ketones is 1. The first-order chi connectivity index (χ1) is 19.4. The average Bonchev–Trinajstić information content (AvgIpc) is 3.43. The topological polar surface area (TPSA) is 79.0 Å². The highest BCUT2D eigenvalue weighted by Crippen LogP contribution is 2.40. The minimum atomic E-state index is -0.590. The molecule has 206 valence electrons. The lowest BCUT2D eigenvalue weighted by Gasteiger charge is -2.43. The third-order valence-corrected chi connectivity index (χ3v) is 8.40. The van der Waals surface area contributed by atoms with Gasteiger partial charge in [0.05, 0.1) is 12.2 Å². The molecule has 0 bridgehead atoms. The molecule has 8 nitrogen and oxygen atoms in total. The molecule has 2 fully saturated rings. The molecule has 2 aliphatic rings. The van der Waals surface area contributed by atoms with Crippen LogP contribution < -0.4 is 10.7 Å². The van der Waals surface area contributed by atoms with Crippen LogP contribution in [0.15, 0.2) is 88.1 Å². The first-order valence-corrected chi connectivity index (χ1v) is 14.0. The Labute approximate surface area is 233 Å². The molecule has 1 aromatic heterocycles. The molecule has 4 aromatic rings. The van der Waals surface area contributed by atoms with Crippen molar-refractivity contribution < 1.29 is 14.0 Å². The zero-order valence-electron chi connectivity index (χ0n) is 22.8. The molecular formula is C32H34N4O4. The first kappa shape index (κ1) is 26.1. The molecule has 8 heteroatoms. The van der Waals surface area contributed by atoms with E-state index in [0.717, 1.165) is 55.7 Å². The maximum Gasteiger partial charge on any atom is 0.419 e. The second-order valence-corrected chi connectivity index (χ2v) is 10.9. The van der Waals surface area contributed by atoms with Crippen molar-refractivity contribution >= 4 is 28.5 Å². The number of piperidine rings is 1. The average molecular weight is 539 g/mol. The van der Waals surface area contributed by atoms with Crippen LogP contribution in [0, 0.1) is 0 Å². The fraction of sp³-hybridized carbons (Fsp3) is 0.344. The standard InChI is InChI=1S/C32H34N4O4/c1-24(37)26-10-7-9-25(21-26)22-34-23-36(27-11-3-2-4-12-27)32(30(34)38)15-19-33(20-16-32)17-8-18-35-28-13-5-6-14-29(28)40-31(35)39/h2-7,9-14,21H,8,15-20,22-23H2,1H3. The summed E-state index contributed by atoms with van der Waals surface area (Å²) in [5, 5.41) is 0. The Balaban J connectivity index is 1.15. The van der Waals surface area contributed by atoms with E-state index in [1.807, 2.05) is 71.6 Å². The van der Waals surface area contributed by atoms with Crippen molar-refractivity contribution in [2.24, 2.45) is 0 Å². The molecule has 6 rings (SSSR count). The maximum atomic E-state index is 14.1. The Morgan fingerprint density at radius 2 is 1.65 bits per heavy atom. The summed E-state index contributed by atoms with van der Waals surface area (Å²) in [5.41, 5.74) is 3.53. The van der Waals surface area contributed by atoms with Gasteiger partial charge in [-0.25, -0.2) is 4.79 Å². The lowest BCUT2D eigenvalue weighted by atomic mass is 9.85. The third kappa shape index (κ3) is 4.84. The minimum absolute atomic E-state index is 0.0233. The van der Waals surface area contributed by atoms with Crippen LogP contribution in [0.2, 0.25) is 0 Å². The molecule has 2 aliphatic heterocycles. The van der Waals surface area contributed by atoms with Gasteiger partial charge in [-0.3, -0.25) is 14.2 Å². The van der Waals surface area contributed by atoms with Gasteiger partial charge in [0.25, 0.3) is 0 Å². The number of aryl methyl sites for hydroxylation is 1. The zero-order chi connectivity index (χ0) is 27.7. The molecule has 1 spiro atoms. The van der Waals surface area contributed by atoms with Crippen LogP contribution in [0.5, 0.6) is 0 Å². The maximum absolute atomic E-state index is 14.1. The number of amides is 1. The van der Waals surface area contributed by atoms with Crippen molar-refractivity contribution in [3.63, 3.8) is 0 Å². The summed E-state index contributed by atoms with van der Waals surface area (Å²) in [7, 11) is 0. The number of fused-ring (bicyclic) bond motifs is 1. The van der Waals surface area contributed by atoms with Crippen molar-refractivity contribution in [1.82, 2.24) is 14.4 Å². The molecule has 0 N–H and O–H groups in total. The highest BCUT2D eigenvalue weighted by molar-refractivity contribution is 5.95. The number of likely N-dealkylation sites (tertiary alicyclic amines) is 1. The van der Waals surface area contributed by atoms with Crippen molar-refractivity contribution in [3.8, 4) is 0 Å². The second-order valence-electron chi connectivity index (χ2n) is 10.9. The van der Waals surface area contributed by atoms with Crippen LogP contribution in [0.25, 0.3) is 11.1 Å². The fourth-order valence-corrected chi connectivity index (χ4v) is 6.26. The molecule has 3 heterocycles. The van der Waals surface area contributed by atoms with E-state index in [0.29, 0.717) is 30.9 Å². The number of hydrogen-bond acceptors (Lipinski definition) is 6. The normalized spacial score (nSPS) is 17.3. The van der Waals surface area contributed by atoms with Crippen LogP contribution in [0.3, 0.4) is 0 Å². The fourth-order valence-electron chi connectivity index (χ4n) is 6.26. The lowest BCUT2D eigenvalue weighted by molar-refractivity contribution is -0.134.